The maximum absolute atomic E-state index is 11.5. The summed E-state index contributed by atoms with van der Waals surface area (Å²) in [5.41, 5.74) is 0.892. The average molecular weight is 366 g/mol. The third-order valence-corrected chi connectivity index (χ3v) is 3.56. The van der Waals surface area contributed by atoms with Crippen molar-refractivity contribution in [3.8, 4) is 0 Å². The van der Waals surface area contributed by atoms with Gasteiger partial charge >= 0.3 is 17.9 Å². The predicted octanol–water partition coefficient (Wildman–Crippen LogP) is 1.35. The molecular weight excluding hydrogens is 344 g/mol. The maximum Gasteiger partial charge on any atom is 0.303 e. The van der Waals surface area contributed by atoms with Crippen molar-refractivity contribution in [3.05, 3.63) is 35.9 Å². The van der Waals surface area contributed by atoms with Gasteiger partial charge in [-0.2, -0.15) is 0 Å². The first-order valence-electron chi connectivity index (χ1n) is 8.15. The first-order valence-corrected chi connectivity index (χ1v) is 8.15. The average Bonchev–Trinajstić information content (AvgIpc) is 2.56. The smallest absolute Gasteiger partial charge is 0.303 e. The van der Waals surface area contributed by atoms with Gasteiger partial charge in [-0.05, 0) is 5.56 Å². The van der Waals surface area contributed by atoms with Crippen molar-refractivity contribution in [2.45, 2.75) is 52.0 Å². The van der Waals surface area contributed by atoms with Crippen LogP contribution < -0.4 is 0 Å². The Morgan fingerprint density at radius 1 is 0.923 bits per heavy atom. The Morgan fingerprint density at radius 3 is 2.08 bits per heavy atom. The second kappa shape index (κ2) is 9.30. The number of esters is 3. The Hall–Kier alpha value is -2.45. The Morgan fingerprint density at radius 2 is 1.50 bits per heavy atom. The van der Waals surface area contributed by atoms with Gasteiger partial charge in [0, 0.05) is 20.8 Å². The molecule has 0 aromatic heterocycles. The van der Waals surface area contributed by atoms with E-state index >= 15 is 0 Å². The lowest BCUT2D eigenvalue weighted by Crippen LogP contribution is -2.58. The minimum Gasteiger partial charge on any atom is -0.456 e. The normalized spacial score (nSPS) is 25.2. The Labute approximate surface area is 151 Å². The summed E-state index contributed by atoms with van der Waals surface area (Å²) >= 11 is 0. The molecule has 26 heavy (non-hydrogen) atoms. The first kappa shape index (κ1) is 19.9. The van der Waals surface area contributed by atoms with Crippen molar-refractivity contribution < 1.29 is 38.1 Å². The molecule has 1 aromatic carbocycles. The maximum atomic E-state index is 11.5. The van der Waals surface area contributed by atoms with Crippen LogP contribution in [0.4, 0.5) is 0 Å². The summed E-state index contributed by atoms with van der Waals surface area (Å²) in [5, 5.41) is 0. The largest absolute Gasteiger partial charge is 0.456 e. The summed E-state index contributed by atoms with van der Waals surface area (Å²) in [7, 11) is 0. The van der Waals surface area contributed by atoms with E-state index in [2.05, 4.69) is 0 Å². The van der Waals surface area contributed by atoms with Gasteiger partial charge in [-0.1, -0.05) is 30.3 Å². The zero-order valence-electron chi connectivity index (χ0n) is 14.9. The number of benzene rings is 1. The summed E-state index contributed by atoms with van der Waals surface area (Å²) in [4.78, 5) is 34.3. The van der Waals surface area contributed by atoms with Crippen LogP contribution in [0.15, 0.2) is 30.3 Å². The number of carbonyl (C=O) groups excluding carboxylic acids is 3. The van der Waals surface area contributed by atoms with E-state index in [0.717, 1.165) is 5.56 Å². The molecule has 0 unspecified atom stereocenters. The Balaban J connectivity index is 2.16. The highest BCUT2D eigenvalue weighted by Crippen LogP contribution is 2.26. The standard InChI is InChI=1S/C18H22O8/c1-11(19)24-15-10-23-18(22-9-14-7-5-4-6-8-14)17(26-13(3)21)16(15)25-12(2)20/h4-8,15-18H,9-10H2,1-3H3/t15-,16-,17-,18-/m1/s1. The van der Waals surface area contributed by atoms with Gasteiger partial charge in [-0.25, -0.2) is 0 Å². The number of ether oxygens (including phenoxy) is 5. The highest BCUT2D eigenvalue weighted by Gasteiger charge is 2.47. The number of hydrogen-bond acceptors (Lipinski definition) is 8. The van der Waals surface area contributed by atoms with Gasteiger partial charge in [0.25, 0.3) is 0 Å². The molecule has 4 atom stereocenters. The van der Waals surface area contributed by atoms with E-state index in [1.807, 2.05) is 30.3 Å². The quantitative estimate of drug-likeness (QED) is 0.550. The van der Waals surface area contributed by atoms with Crippen molar-refractivity contribution in [1.82, 2.24) is 0 Å². The van der Waals surface area contributed by atoms with E-state index in [-0.39, 0.29) is 13.2 Å². The fourth-order valence-electron chi connectivity index (χ4n) is 2.60. The fraction of sp³-hybridized carbons (Fsp3) is 0.500. The molecule has 1 heterocycles. The van der Waals surface area contributed by atoms with E-state index < -0.39 is 42.5 Å². The SMILES string of the molecule is CC(=O)O[C@H]1[C@H](OCc2ccccc2)OC[C@@H](OC(C)=O)[C@H]1OC(C)=O. The molecule has 8 nitrogen and oxygen atoms in total. The van der Waals surface area contributed by atoms with Gasteiger partial charge < -0.3 is 23.7 Å². The number of hydrogen-bond donors (Lipinski definition) is 0. The Kier molecular flexibility index (Phi) is 7.11. The van der Waals surface area contributed by atoms with E-state index in [1.54, 1.807) is 0 Å². The van der Waals surface area contributed by atoms with E-state index in [1.165, 1.54) is 20.8 Å². The fourth-order valence-corrected chi connectivity index (χ4v) is 2.60. The van der Waals surface area contributed by atoms with Crippen LogP contribution >= 0.6 is 0 Å². The molecule has 8 heteroatoms. The first-order chi connectivity index (χ1) is 12.4. The number of rotatable bonds is 6. The zero-order chi connectivity index (χ0) is 19.1. The van der Waals surface area contributed by atoms with Crippen molar-refractivity contribution in [2.24, 2.45) is 0 Å². The number of carbonyl (C=O) groups is 3. The predicted molar refractivity (Wildman–Crippen MR) is 87.6 cm³/mol. The molecule has 0 aliphatic carbocycles. The lowest BCUT2D eigenvalue weighted by Gasteiger charge is -2.40. The van der Waals surface area contributed by atoms with Crippen LogP contribution in [0.2, 0.25) is 0 Å². The monoisotopic (exact) mass is 366 g/mol. The van der Waals surface area contributed by atoms with Gasteiger partial charge in [0.2, 0.25) is 0 Å². The molecule has 1 saturated heterocycles. The summed E-state index contributed by atoms with van der Waals surface area (Å²) in [5.74, 6) is -1.78. The van der Waals surface area contributed by atoms with Crippen LogP contribution in [0.1, 0.15) is 26.3 Å². The summed E-state index contributed by atoms with van der Waals surface area (Å²) in [6.07, 6.45) is -3.99. The van der Waals surface area contributed by atoms with Crippen LogP contribution in [0.25, 0.3) is 0 Å². The molecule has 1 fully saturated rings. The second-order valence-electron chi connectivity index (χ2n) is 5.79. The van der Waals surface area contributed by atoms with Gasteiger partial charge in [0.1, 0.15) is 0 Å². The van der Waals surface area contributed by atoms with Crippen molar-refractivity contribution in [1.29, 1.82) is 0 Å². The topological polar surface area (TPSA) is 97.4 Å². The highest BCUT2D eigenvalue weighted by molar-refractivity contribution is 5.68. The van der Waals surface area contributed by atoms with Crippen LogP contribution in [0.5, 0.6) is 0 Å². The van der Waals surface area contributed by atoms with Crippen molar-refractivity contribution in [2.75, 3.05) is 6.61 Å². The lowest BCUT2D eigenvalue weighted by atomic mass is 10.0. The van der Waals surface area contributed by atoms with E-state index in [4.69, 9.17) is 23.7 Å². The molecule has 1 aliphatic rings. The molecule has 1 aliphatic heterocycles. The summed E-state index contributed by atoms with van der Waals surface area (Å²) < 4.78 is 26.9. The minimum atomic E-state index is -1.07. The molecule has 1 aromatic rings. The van der Waals surface area contributed by atoms with Crippen molar-refractivity contribution in [3.63, 3.8) is 0 Å². The molecule has 0 saturated carbocycles. The lowest BCUT2D eigenvalue weighted by molar-refractivity contribution is -0.283. The minimum absolute atomic E-state index is 0.0608. The van der Waals surface area contributed by atoms with Crippen LogP contribution in [-0.2, 0) is 44.7 Å². The molecule has 0 radical (unpaired) electrons. The van der Waals surface area contributed by atoms with E-state index in [9.17, 15) is 14.4 Å². The van der Waals surface area contributed by atoms with E-state index in [0.29, 0.717) is 0 Å². The third kappa shape index (κ3) is 5.82. The molecule has 2 rings (SSSR count). The molecule has 0 amide bonds. The molecule has 0 spiro atoms. The summed E-state index contributed by atoms with van der Waals surface area (Å²) in [6.45, 7) is 3.80. The molecular formula is C18H22O8. The van der Waals surface area contributed by atoms with Gasteiger partial charge in [0.15, 0.2) is 24.6 Å². The van der Waals surface area contributed by atoms with Crippen molar-refractivity contribution >= 4 is 17.9 Å². The molecule has 142 valence electrons. The third-order valence-electron chi connectivity index (χ3n) is 3.56. The molecule has 0 bridgehead atoms. The van der Waals surface area contributed by atoms with Gasteiger partial charge in [-0.15, -0.1) is 0 Å². The van der Waals surface area contributed by atoms with Crippen LogP contribution in [0, 0.1) is 0 Å². The molecule has 0 N–H and O–H groups in total. The Bertz CT molecular complexity index is 629. The van der Waals surface area contributed by atoms with Gasteiger partial charge in [-0.3, -0.25) is 14.4 Å². The second-order valence-corrected chi connectivity index (χ2v) is 5.79. The highest BCUT2D eigenvalue weighted by atomic mass is 16.7. The van der Waals surface area contributed by atoms with Crippen LogP contribution in [0.3, 0.4) is 0 Å². The summed E-state index contributed by atoms with van der Waals surface area (Å²) in [6, 6.07) is 9.34. The zero-order valence-corrected chi connectivity index (χ0v) is 14.9. The van der Waals surface area contributed by atoms with Crippen LogP contribution in [-0.4, -0.2) is 49.1 Å². The van der Waals surface area contributed by atoms with Gasteiger partial charge in [0.05, 0.1) is 13.2 Å².